The number of nitrogens with one attached hydrogen (secondary N) is 1. The molecule has 1 aliphatic carbocycles. The van der Waals surface area contributed by atoms with Gasteiger partial charge in [0, 0.05) is 18.4 Å². The fourth-order valence-corrected chi connectivity index (χ4v) is 2.30. The molecule has 2 atom stereocenters. The lowest BCUT2D eigenvalue weighted by molar-refractivity contribution is 0.373. The quantitative estimate of drug-likeness (QED) is 0.795. The molecule has 0 saturated heterocycles. The van der Waals surface area contributed by atoms with Crippen molar-refractivity contribution in [2.75, 3.05) is 0 Å². The smallest absolute Gasteiger partial charge is 0.155 e. The fraction of sp³-hybridized carbons (Fsp3) is 0.818. The van der Waals surface area contributed by atoms with Gasteiger partial charge in [0.15, 0.2) is 5.82 Å². The van der Waals surface area contributed by atoms with Crippen molar-refractivity contribution >= 4 is 0 Å². The maximum Gasteiger partial charge on any atom is 0.155 e. The Bertz CT molecular complexity index is 307. The number of aromatic nitrogens is 3. The summed E-state index contributed by atoms with van der Waals surface area (Å²) in [5.74, 6) is 2.32. The van der Waals surface area contributed by atoms with Gasteiger partial charge in [0.05, 0.1) is 0 Å². The predicted octanol–water partition coefficient (Wildman–Crippen LogP) is 1.74. The van der Waals surface area contributed by atoms with Crippen molar-refractivity contribution in [2.45, 2.75) is 57.4 Å². The van der Waals surface area contributed by atoms with Gasteiger partial charge in [-0.3, -0.25) is 5.10 Å². The number of hydrogen-bond donors (Lipinski definition) is 2. The zero-order valence-electron chi connectivity index (χ0n) is 9.37. The highest BCUT2D eigenvalue weighted by Gasteiger charge is 2.26. The van der Waals surface area contributed by atoms with Crippen LogP contribution >= 0.6 is 0 Å². The summed E-state index contributed by atoms with van der Waals surface area (Å²) in [5, 5.41) is 7.30. The molecule has 2 rings (SSSR count). The SMILES string of the molecule is CCCc1nc(C2CCCCC2N)n[nH]1. The highest BCUT2D eigenvalue weighted by molar-refractivity contribution is 5.03. The monoisotopic (exact) mass is 208 g/mol. The number of hydrogen-bond acceptors (Lipinski definition) is 3. The maximum absolute atomic E-state index is 6.10. The van der Waals surface area contributed by atoms with Crippen LogP contribution in [0, 0.1) is 0 Å². The number of nitrogens with two attached hydrogens (primary N) is 1. The summed E-state index contributed by atoms with van der Waals surface area (Å²) >= 11 is 0. The summed E-state index contributed by atoms with van der Waals surface area (Å²) in [6.45, 7) is 2.15. The fourth-order valence-electron chi connectivity index (χ4n) is 2.30. The molecule has 4 heteroatoms. The van der Waals surface area contributed by atoms with Gasteiger partial charge in [0.2, 0.25) is 0 Å². The highest BCUT2D eigenvalue weighted by atomic mass is 15.2. The second kappa shape index (κ2) is 4.75. The van der Waals surface area contributed by atoms with E-state index in [-0.39, 0.29) is 6.04 Å². The van der Waals surface area contributed by atoms with Gasteiger partial charge in [-0.25, -0.2) is 4.98 Å². The predicted molar refractivity (Wildman–Crippen MR) is 59.6 cm³/mol. The number of aromatic amines is 1. The summed E-state index contributed by atoms with van der Waals surface area (Å²) in [6, 6.07) is 0.254. The van der Waals surface area contributed by atoms with Crippen LogP contribution in [0.2, 0.25) is 0 Å². The normalized spacial score (nSPS) is 26.8. The Morgan fingerprint density at radius 1 is 1.40 bits per heavy atom. The average Bonchev–Trinajstić information content (AvgIpc) is 2.68. The molecule has 1 aromatic rings. The van der Waals surface area contributed by atoms with Crippen LogP contribution in [0.4, 0.5) is 0 Å². The van der Waals surface area contributed by atoms with E-state index in [9.17, 15) is 0 Å². The number of aryl methyl sites for hydroxylation is 1. The lowest BCUT2D eigenvalue weighted by atomic mass is 9.84. The van der Waals surface area contributed by atoms with E-state index in [1.54, 1.807) is 0 Å². The lowest BCUT2D eigenvalue weighted by Crippen LogP contribution is -2.32. The van der Waals surface area contributed by atoms with Gasteiger partial charge < -0.3 is 5.73 Å². The summed E-state index contributed by atoms with van der Waals surface area (Å²) in [6.07, 6.45) is 6.85. The number of nitrogens with zero attached hydrogens (tertiary/aromatic N) is 2. The average molecular weight is 208 g/mol. The van der Waals surface area contributed by atoms with Crippen LogP contribution in [0.25, 0.3) is 0 Å². The molecule has 2 unspecified atom stereocenters. The van der Waals surface area contributed by atoms with Crippen molar-refractivity contribution in [3.8, 4) is 0 Å². The van der Waals surface area contributed by atoms with E-state index in [4.69, 9.17) is 5.73 Å². The molecule has 0 aliphatic heterocycles. The molecule has 4 nitrogen and oxygen atoms in total. The lowest BCUT2D eigenvalue weighted by Gasteiger charge is -2.25. The molecule has 1 saturated carbocycles. The van der Waals surface area contributed by atoms with Gasteiger partial charge in [0.25, 0.3) is 0 Å². The molecule has 0 radical (unpaired) electrons. The second-order valence-electron chi connectivity index (χ2n) is 4.45. The summed E-state index contributed by atoms with van der Waals surface area (Å²) in [7, 11) is 0. The molecule has 0 aromatic carbocycles. The Balaban J connectivity index is 2.06. The van der Waals surface area contributed by atoms with E-state index in [0.717, 1.165) is 37.3 Å². The van der Waals surface area contributed by atoms with Crippen LogP contribution in [0.15, 0.2) is 0 Å². The van der Waals surface area contributed by atoms with E-state index in [1.165, 1.54) is 12.8 Å². The van der Waals surface area contributed by atoms with Crippen molar-refractivity contribution in [3.63, 3.8) is 0 Å². The van der Waals surface area contributed by atoms with E-state index in [1.807, 2.05) is 0 Å². The van der Waals surface area contributed by atoms with E-state index in [2.05, 4.69) is 22.1 Å². The number of H-pyrrole nitrogens is 1. The summed E-state index contributed by atoms with van der Waals surface area (Å²) in [4.78, 5) is 4.53. The van der Waals surface area contributed by atoms with Crippen LogP contribution in [0.5, 0.6) is 0 Å². The molecule has 1 aromatic heterocycles. The van der Waals surface area contributed by atoms with Crippen molar-refractivity contribution in [1.29, 1.82) is 0 Å². The molecule has 1 aliphatic rings. The van der Waals surface area contributed by atoms with E-state index < -0.39 is 0 Å². The Labute approximate surface area is 90.7 Å². The first-order valence-electron chi connectivity index (χ1n) is 5.98. The van der Waals surface area contributed by atoms with Crippen molar-refractivity contribution in [2.24, 2.45) is 5.73 Å². The molecule has 3 N–H and O–H groups in total. The Hall–Kier alpha value is -0.900. The van der Waals surface area contributed by atoms with Gasteiger partial charge in [-0.15, -0.1) is 0 Å². The summed E-state index contributed by atoms with van der Waals surface area (Å²) in [5.41, 5.74) is 6.10. The van der Waals surface area contributed by atoms with Crippen molar-refractivity contribution in [3.05, 3.63) is 11.6 Å². The molecular weight excluding hydrogens is 188 g/mol. The van der Waals surface area contributed by atoms with Gasteiger partial charge in [0.1, 0.15) is 5.82 Å². The van der Waals surface area contributed by atoms with Gasteiger partial charge >= 0.3 is 0 Å². The van der Waals surface area contributed by atoms with Gasteiger partial charge in [-0.2, -0.15) is 5.10 Å². The van der Waals surface area contributed by atoms with Crippen LogP contribution < -0.4 is 5.73 Å². The van der Waals surface area contributed by atoms with Gasteiger partial charge in [-0.1, -0.05) is 19.8 Å². The molecule has 15 heavy (non-hydrogen) atoms. The van der Waals surface area contributed by atoms with Crippen LogP contribution in [-0.2, 0) is 6.42 Å². The third kappa shape index (κ3) is 2.37. The Morgan fingerprint density at radius 2 is 2.20 bits per heavy atom. The molecule has 0 bridgehead atoms. The van der Waals surface area contributed by atoms with Crippen LogP contribution in [0.3, 0.4) is 0 Å². The van der Waals surface area contributed by atoms with Crippen LogP contribution in [0.1, 0.15) is 56.6 Å². The molecule has 1 fully saturated rings. The van der Waals surface area contributed by atoms with Crippen molar-refractivity contribution in [1.82, 2.24) is 15.2 Å². The largest absolute Gasteiger partial charge is 0.327 e. The molecule has 1 heterocycles. The Morgan fingerprint density at radius 3 is 2.93 bits per heavy atom. The molecular formula is C11H20N4. The minimum atomic E-state index is 0.254. The summed E-state index contributed by atoms with van der Waals surface area (Å²) < 4.78 is 0. The first kappa shape index (κ1) is 10.6. The molecule has 84 valence electrons. The zero-order chi connectivity index (χ0) is 10.7. The minimum absolute atomic E-state index is 0.254. The first-order valence-corrected chi connectivity index (χ1v) is 5.98. The highest BCUT2D eigenvalue weighted by Crippen LogP contribution is 2.29. The molecule has 0 amide bonds. The van der Waals surface area contributed by atoms with E-state index in [0.29, 0.717) is 5.92 Å². The maximum atomic E-state index is 6.10. The molecule has 0 spiro atoms. The third-order valence-electron chi connectivity index (χ3n) is 3.19. The number of rotatable bonds is 3. The standard InChI is InChI=1S/C11H20N4/c1-2-5-10-13-11(15-14-10)8-6-3-4-7-9(8)12/h8-9H,2-7,12H2,1H3,(H,13,14,15). The second-order valence-corrected chi connectivity index (χ2v) is 4.45. The Kier molecular flexibility index (Phi) is 3.36. The topological polar surface area (TPSA) is 67.6 Å². The van der Waals surface area contributed by atoms with Gasteiger partial charge in [-0.05, 0) is 19.3 Å². The third-order valence-corrected chi connectivity index (χ3v) is 3.19. The van der Waals surface area contributed by atoms with Crippen LogP contribution in [-0.4, -0.2) is 21.2 Å². The first-order chi connectivity index (χ1) is 7.31. The minimum Gasteiger partial charge on any atom is -0.327 e. The van der Waals surface area contributed by atoms with Crippen molar-refractivity contribution < 1.29 is 0 Å². The zero-order valence-corrected chi connectivity index (χ0v) is 9.37. The van der Waals surface area contributed by atoms with E-state index >= 15 is 0 Å².